The minimum atomic E-state index is -3.20. The Balaban J connectivity index is 1.79. The van der Waals surface area contributed by atoms with Gasteiger partial charge in [0.1, 0.15) is 0 Å². The zero-order valence-corrected chi connectivity index (χ0v) is 12.8. The van der Waals surface area contributed by atoms with Crippen LogP contribution in [0, 0.1) is 5.92 Å². The van der Waals surface area contributed by atoms with E-state index in [0.29, 0.717) is 45.4 Å². The monoisotopic (exact) mass is 319 g/mol. The summed E-state index contributed by atoms with van der Waals surface area (Å²) in [5.41, 5.74) is 0. The predicted octanol–water partition coefficient (Wildman–Crippen LogP) is -0.473. The maximum atomic E-state index is 12.1. The molecule has 1 saturated heterocycles. The van der Waals surface area contributed by atoms with Crippen molar-refractivity contribution in [2.24, 2.45) is 5.92 Å². The van der Waals surface area contributed by atoms with Crippen molar-refractivity contribution < 1.29 is 23.1 Å². The lowest BCUT2D eigenvalue weighted by molar-refractivity contribution is -0.141. The van der Waals surface area contributed by atoms with Crippen LogP contribution in [0.25, 0.3) is 0 Å². The Kier molecular flexibility index (Phi) is 4.72. The Labute approximate surface area is 124 Å². The summed E-state index contributed by atoms with van der Waals surface area (Å²) in [5, 5.41) is 11.8. The van der Waals surface area contributed by atoms with Crippen LogP contribution in [0.3, 0.4) is 0 Å². The molecule has 1 heterocycles. The largest absolute Gasteiger partial charge is 0.481 e. The molecule has 1 saturated carbocycles. The maximum absolute atomic E-state index is 12.1. The molecule has 0 aromatic rings. The molecule has 0 aromatic heterocycles. The summed E-state index contributed by atoms with van der Waals surface area (Å²) < 4.78 is 24.1. The average molecular weight is 319 g/mol. The van der Waals surface area contributed by atoms with Crippen LogP contribution in [0.2, 0.25) is 0 Å². The van der Waals surface area contributed by atoms with Crippen LogP contribution >= 0.6 is 0 Å². The Morgan fingerprint density at radius 2 is 1.76 bits per heavy atom. The number of hydrogen-bond donors (Lipinski definition) is 2. The number of hydrogen-bond acceptors (Lipinski definition) is 4. The van der Waals surface area contributed by atoms with Gasteiger partial charge in [0.05, 0.1) is 12.2 Å². The SMILES string of the molecule is CS(=O)(=O)N1CCN(C(=O)N[C@H]2CC[C@@H](C(=O)O)C2)CC1. The predicted molar refractivity (Wildman–Crippen MR) is 75.3 cm³/mol. The molecule has 2 N–H and O–H groups in total. The molecule has 0 spiro atoms. The highest BCUT2D eigenvalue weighted by molar-refractivity contribution is 7.88. The molecule has 120 valence electrons. The molecule has 0 aromatic carbocycles. The fourth-order valence-electron chi connectivity index (χ4n) is 2.83. The summed E-state index contributed by atoms with van der Waals surface area (Å²) in [6.45, 7) is 1.31. The quantitative estimate of drug-likeness (QED) is 0.731. The van der Waals surface area contributed by atoms with Gasteiger partial charge >= 0.3 is 12.0 Å². The van der Waals surface area contributed by atoms with Gasteiger partial charge in [-0.1, -0.05) is 0 Å². The van der Waals surface area contributed by atoms with Gasteiger partial charge in [-0.05, 0) is 19.3 Å². The normalized spacial score (nSPS) is 27.6. The minimum Gasteiger partial charge on any atom is -0.481 e. The number of nitrogens with zero attached hydrogens (tertiary/aromatic N) is 2. The number of piperazine rings is 1. The van der Waals surface area contributed by atoms with Gasteiger partial charge in [0.15, 0.2) is 0 Å². The minimum absolute atomic E-state index is 0.105. The molecule has 8 nitrogen and oxygen atoms in total. The van der Waals surface area contributed by atoms with Gasteiger partial charge in [0.2, 0.25) is 10.0 Å². The van der Waals surface area contributed by atoms with E-state index in [9.17, 15) is 18.0 Å². The fraction of sp³-hybridized carbons (Fsp3) is 0.833. The first-order chi connectivity index (χ1) is 9.77. The lowest BCUT2D eigenvalue weighted by Crippen LogP contribution is -2.54. The molecule has 2 aliphatic rings. The van der Waals surface area contributed by atoms with Crippen molar-refractivity contribution in [2.75, 3.05) is 32.4 Å². The number of sulfonamides is 1. The van der Waals surface area contributed by atoms with Gasteiger partial charge in [-0.3, -0.25) is 4.79 Å². The van der Waals surface area contributed by atoms with E-state index in [2.05, 4.69) is 5.32 Å². The maximum Gasteiger partial charge on any atom is 0.317 e. The van der Waals surface area contributed by atoms with Crippen LogP contribution < -0.4 is 5.32 Å². The van der Waals surface area contributed by atoms with Crippen LogP contribution in [0.4, 0.5) is 4.79 Å². The van der Waals surface area contributed by atoms with Crippen molar-refractivity contribution in [1.29, 1.82) is 0 Å². The third-order valence-electron chi connectivity index (χ3n) is 4.10. The van der Waals surface area contributed by atoms with E-state index >= 15 is 0 Å². The summed E-state index contributed by atoms with van der Waals surface area (Å²) >= 11 is 0. The highest BCUT2D eigenvalue weighted by Gasteiger charge is 2.32. The molecule has 2 atom stereocenters. The van der Waals surface area contributed by atoms with Gasteiger partial charge < -0.3 is 15.3 Å². The van der Waals surface area contributed by atoms with Crippen LogP contribution in [-0.2, 0) is 14.8 Å². The summed E-state index contributed by atoms with van der Waals surface area (Å²) in [6.07, 6.45) is 2.88. The van der Waals surface area contributed by atoms with Crippen molar-refractivity contribution in [1.82, 2.24) is 14.5 Å². The molecule has 2 amide bonds. The number of amides is 2. The number of urea groups is 1. The van der Waals surface area contributed by atoms with Crippen LogP contribution in [0.1, 0.15) is 19.3 Å². The van der Waals surface area contributed by atoms with E-state index in [1.807, 2.05) is 0 Å². The van der Waals surface area contributed by atoms with E-state index in [4.69, 9.17) is 5.11 Å². The number of carbonyl (C=O) groups is 2. The molecule has 2 rings (SSSR count). The molecule has 2 fully saturated rings. The van der Waals surface area contributed by atoms with Gasteiger partial charge in [-0.2, -0.15) is 4.31 Å². The molecule has 1 aliphatic heterocycles. The van der Waals surface area contributed by atoms with E-state index < -0.39 is 16.0 Å². The Hall–Kier alpha value is -1.35. The van der Waals surface area contributed by atoms with Crippen LogP contribution in [0.5, 0.6) is 0 Å². The Morgan fingerprint density at radius 3 is 2.24 bits per heavy atom. The molecular formula is C12H21N3O5S. The number of rotatable bonds is 3. The standard InChI is InChI=1S/C12H21N3O5S/c1-21(19,20)15-6-4-14(5-7-15)12(18)13-10-3-2-9(8-10)11(16)17/h9-10H,2-8H2,1H3,(H,13,18)(H,16,17)/t9-,10+/m1/s1. The number of aliphatic carboxylic acids is 1. The number of carbonyl (C=O) groups excluding carboxylic acids is 1. The molecule has 1 aliphatic carbocycles. The van der Waals surface area contributed by atoms with Gasteiger partial charge in [-0.15, -0.1) is 0 Å². The second-order valence-corrected chi connectivity index (χ2v) is 7.63. The van der Waals surface area contributed by atoms with E-state index in [0.717, 1.165) is 6.26 Å². The lowest BCUT2D eigenvalue weighted by Gasteiger charge is -2.33. The first kappa shape index (κ1) is 16.0. The second-order valence-electron chi connectivity index (χ2n) is 5.64. The Morgan fingerprint density at radius 1 is 1.14 bits per heavy atom. The first-order valence-electron chi connectivity index (χ1n) is 7.00. The van der Waals surface area contributed by atoms with E-state index in [1.165, 1.54) is 4.31 Å². The van der Waals surface area contributed by atoms with Gasteiger partial charge in [0, 0.05) is 32.2 Å². The zero-order chi connectivity index (χ0) is 15.6. The van der Waals surface area contributed by atoms with E-state index in [1.54, 1.807) is 4.90 Å². The van der Waals surface area contributed by atoms with Crippen molar-refractivity contribution in [3.8, 4) is 0 Å². The fourth-order valence-corrected chi connectivity index (χ4v) is 3.65. The highest BCUT2D eigenvalue weighted by Crippen LogP contribution is 2.25. The topological polar surface area (TPSA) is 107 Å². The van der Waals surface area contributed by atoms with Crippen molar-refractivity contribution >= 4 is 22.0 Å². The summed E-state index contributed by atoms with van der Waals surface area (Å²) in [5.74, 6) is -1.19. The number of carboxylic acid groups (broad SMARTS) is 1. The number of carboxylic acids is 1. The molecule has 21 heavy (non-hydrogen) atoms. The zero-order valence-electron chi connectivity index (χ0n) is 12.0. The van der Waals surface area contributed by atoms with Gasteiger partial charge in [0.25, 0.3) is 0 Å². The third-order valence-corrected chi connectivity index (χ3v) is 5.41. The molecular weight excluding hydrogens is 298 g/mol. The average Bonchev–Trinajstić information content (AvgIpc) is 2.86. The molecule has 0 radical (unpaired) electrons. The highest BCUT2D eigenvalue weighted by atomic mass is 32.2. The van der Waals surface area contributed by atoms with Crippen molar-refractivity contribution in [2.45, 2.75) is 25.3 Å². The third kappa shape index (κ3) is 4.07. The summed E-state index contributed by atoms with van der Waals surface area (Å²) in [7, 11) is -3.20. The van der Waals surface area contributed by atoms with Crippen molar-refractivity contribution in [3.05, 3.63) is 0 Å². The van der Waals surface area contributed by atoms with E-state index in [-0.39, 0.29) is 18.0 Å². The summed E-state index contributed by atoms with van der Waals surface area (Å²) in [6, 6.07) is -0.342. The molecule has 0 bridgehead atoms. The molecule has 9 heteroatoms. The van der Waals surface area contributed by atoms with Crippen LogP contribution in [-0.4, -0.2) is 73.2 Å². The first-order valence-corrected chi connectivity index (χ1v) is 8.85. The van der Waals surface area contributed by atoms with Crippen molar-refractivity contribution in [3.63, 3.8) is 0 Å². The van der Waals surface area contributed by atoms with Gasteiger partial charge in [-0.25, -0.2) is 13.2 Å². The lowest BCUT2D eigenvalue weighted by atomic mass is 10.1. The molecule has 0 unspecified atom stereocenters. The Bertz CT molecular complexity index is 513. The second kappa shape index (κ2) is 6.18. The summed E-state index contributed by atoms with van der Waals surface area (Å²) in [4.78, 5) is 24.5. The number of nitrogens with one attached hydrogen (secondary N) is 1. The van der Waals surface area contributed by atoms with Crippen LogP contribution in [0.15, 0.2) is 0 Å². The smallest absolute Gasteiger partial charge is 0.317 e.